The molecule has 0 atom stereocenters. The Bertz CT molecular complexity index is 594. The van der Waals surface area contributed by atoms with Gasteiger partial charge in [-0.15, -0.1) is 5.10 Å². The number of carbonyl (C=O) groups is 1. The van der Waals surface area contributed by atoms with Gasteiger partial charge in [-0.05, 0) is 30.7 Å². The Kier molecular flexibility index (Phi) is 3.76. The van der Waals surface area contributed by atoms with Crippen LogP contribution in [0.15, 0.2) is 24.4 Å². The van der Waals surface area contributed by atoms with Crippen molar-refractivity contribution in [2.45, 2.75) is 20.0 Å². The van der Waals surface area contributed by atoms with Crippen LogP contribution in [0.2, 0.25) is 0 Å². The number of phenols is 1. The zero-order valence-electron chi connectivity index (χ0n) is 10.5. The van der Waals surface area contributed by atoms with Crippen LogP contribution in [0.3, 0.4) is 0 Å². The summed E-state index contributed by atoms with van der Waals surface area (Å²) in [6.07, 6.45) is 1.63. The molecule has 0 saturated heterocycles. The quantitative estimate of drug-likeness (QED) is 0.690. The van der Waals surface area contributed by atoms with Gasteiger partial charge in [-0.25, -0.2) is 4.68 Å². The number of nitrogens with one attached hydrogen (secondary N) is 1. The topological polar surface area (TPSA) is 106 Å². The maximum absolute atomic E-state index is 11.8. The van der Waals surface area contributed by atoms with Crippen LogP contribution in [0.1, 0.15) is 11.3 Å². The van der Waals surface area contributed by atoms with Gasteiger partial charge in [-0.3, -0.25) is 4.79 Å². The van der Waals surface area contributed by atoms with Crippen molar-refractivity contribution >= 4 is 11.6 Å². The number of anilines is 1. The van der Waals surface area contributed by atoms with Crippen molar-refractivity contribution in [3.63, 3.8) is 0 Å². The number of nitrogens with zero attached hydrogens (tertiary/aromatic N) is 3. The summed E-state index contributed by atoms with van der Waals surface area (Å²) in [7, 11) is 0. The minimum Gasteiger partial charge on any atom is -0.508 e. The molecule has 100 valence electrons. The number of aryl methyl sites for hydroxylation is 1. The second kappa shape index (κ2) is 5.49. The largest absolute Gasteiger partial charge is 0.508 e. The maximum atomic E-state index is 11.8. The molecule has 1 heterocycles. The molecule has 19 heavy (non-hydrogen) atoms. The van der Waals surface area contributed by atoms with Crippen molar-refractivity contribution in [3.8, 4) is 5.75 Å². The number of hydrogen-bond donors (Lipinski definition) is 3. The number of aromatic hydroxyl groups is 1. The molecular formula is C12H15N5O2. The van der Waals surface area contributed by atoms with E-state index in [4.69, 9.17) is 5.73 Å². The molecule has 0 radical (unpaired) electrons. The fraction of sp³-hybridized carbons (Fsp3) is 0.250. The van der Waals surface area contributed by atoms with Crippen LogP contribution < -0.4 is 11.1 Å². The standard InChI is InChI=1S/C12H15N5O2/c1-8-4-10(18)2-3-11(8)14-12(19)7-17-6-9(5-13)15-16-17/h2-4,6,18H,5,7,13H2,1H3,(H,14,19). The molecule has 0 aliphatic rings. The Balaban J connectivity index is 2.01. The highest BCUT2D eigenvalue weighted by atomic mass is 16.3. The van der Waals surface area contributed by atoms with Crippen LogP contribution in [-0.2, 0) is 17.9 Å². The van der Waals surface area contributed by atoms with Crippen molar-refractivity contribution in [2.75, 3.05) is 5.32 Å². The summed E-state index contributed by atoms with van der Waals surface area (Å²) in [5.41, 5.74) is 7.49. The molecule has 1 aromatic heterocycles. The van der Waals surface area contributed by atoms with Gasteiger partial charge in [0.2, 0.25) is 5.91 Å². The molecule has 2 aromatic rings. The number of aromatic nitrogens is 3. The van der Waals surface area contributed by atoms with Gasteiger partial charge in [0.15, 0.2) is 0 Å². The summed E-state index contributed by atoms with van der Waals surface area (Å²) in [4.78, 5) is 11.8. The first-order chi connectivity index (χ1) is 9.08. The summed E-state index contributed by atoms with van der Waals surface area (Å²) >= 11 is 0. The minimum atomic E-state index is -0.220. The lowest BCUT2D eigenvalue weighted by molar-refractivity contribution is -0.116. The highest BCUT2D eigenvalue weighted by molar-refractivity contribution is 5.91. The molecule has 0 saturated carbocycles. The lowest BCUT2D eigenvalue weighted by Crippen LogP contribution is -2.19. The first-order valence-corrected chi connectivity index (χ1v) is 5.77. The SMILES string of the molecule is Cc1cc(O)ccc1NC(=O)Cn1cc(CN)nn1. The lowest BCUT2D eigenvalue weighted by Gasteiger charge is -2.08. The average molecular weight is 261 g/mol. The van der Waals surface area contributed by atoms with Crippen LogP contribution in [0.5, 0.6) is 5.75 Å². The van der Waals surface area contributed by atoms with E-state index in [-0.39, 0.29) is 18.2 Å². The molecule has 2 rings (SSSR count). The molecule has 1 amide bonds. The van der Waals surface area contributed by atoms with E-state index >= 15 is 0 Å². The molecule has 0 fully saturated rings. The van der Waals surface area contributed by atoms with Crippen LogP contribution in [0.25, 0.3) is 0 Å². The molecule has 7 heteroatoms. The van der Waals surface area contributed by atoms with Gasteiger partial charge < -0.3 is 16.2 Å². The summed E-state index contributed by atoms with van der Waals surface area (Å²) in [6.45, 7) is 2.16. The van der Waals surface area contributed by atoms with E-state index in [1.165, 1.54) is 10.7 Å². The number of nitrogens with two attached hydrogens (primary N) is 1. The van der Waals surface area contributed by atoms with Crippen molar-refractivity contribution in [1.82, 2.24) is 15.0 Å². The number of amides is 1. The highest BCUT2D eigenvalue weighted by Crippen LogP contribution is 2.19. The Morgan fingerprint density at radius 1 is 1.53 bits per heavy atom. The average Bonchev–Trinajstić information content (AvgIpc) is 2.80. The van der Waals surface area contributed by atoms with Gasteiger partial charge in [0.05, 0.1) is 11.9 Å². The number of hydrogen-bond acceptors (Lipinski definition) is 5. The monoisotopic (exact) mass is 261 g/mol. The third-order valence-electron chi connectivity index (χ3n) is 2.58. The van der Waals surface area contributed by atoms with Gasteiger partial charge in [0.1, 0.15) is 12.3 Å². The number of benzene rings is 1. The maximum Gasteiger partial charge on any atom is 0.246 e. The summed E-state index contributed by atoms with van der Waals surface area (Å²) < 4.78 is 1.42. The Morgan fingerprint density at radius 3 is 2.95 bits per heavy atom. The van der Waals surface area contributed by atoms with Gasteiger partial charge in [0.25, 0.3) is 0 Å². The number of phenolic OH excluding ortho intramolecular Hbond substituents is 1. The molecular weight excluding hydrogens is 246 g/mol. The molecule has 4 N–H and O–H groups in total. The zero-order chi connectivity index (χ0) is 13.8. The Hall–Kier alpha value is -2.41. The van der Waals surface area contributed by atoms with Gasteiger partial charge >= 0.3 is 0 Å². The van der Waals surface area contributed by atoms with Crippen molar-refractivity contribution in [1.29, 1.82) is 0 Å². The summed E-state index contributed by atoms with van der Waals surface area (Å²) in [5, 5.41) is 19.6. The van der Waals surface area contributed by atoms with E-state index in [0.29, 0.717) is 17.9 Å². The third-order valence-corrected chi connectivity index (χ3v) is 2.58. The molecule has 1 aromatic carbocycles. The molecule has 0 aliphatic heterocycles. The minimum absolute atomic E-state index is 0.0628. The predicted molar refractivity (Wildman–Crippen MR) is 69.4 cm³/mol. The first-order valence-electron chi connectivity index (χ1n) is 5.77. The fourth-order valence-corrected chi connectivity index (χ4v) is 1.63. The molecule has 0 unspecified atom stereocenters. The Morgan fingerprint density at radius 2 is 2.32 bits per heavy atom. The smallest absolute Gasteiger partial charge is 0.246 e. The number of carbonyl (C=O) groups excluding carboxylic acids is 1. The molecule has 7 nitrogen and oxygen atoms in total. The molecule has 0 aliphatic carbocycles. The van der Waals surface area contributed by atoms with Crippen LogP contribution in [0, 0.1) is 6.92 Å². The van der Waals surface area contributed by atoms with Crippen LogP contribution in [-0.4, -0.2) is 26.0 Å². The summed E-state index contributed by atoms with van der Waals surface area (Å²) in [6, 6.07) is 4.75. The highest BCUT2D eigenvalue weighted by Gasteiger charge is 2.07. The van der Waals surface area contributed by atoms with E-state index in [9.17, 15) is 9.90 Å². The molecule has 0 bridgehead atoms. The predicted octanol–water partition coefficient (Wildman–Crippen LogP) is 0.390. The van der Waals surface area contributed by atoms with Gasteiger partial charge in [-0.2, -0.15) is 0 Å². The van der Waals surface area contributed by atoms with E-state index < -0.39 is 0 Å². The third kappa shape index (κ3) is 3.29. The van der Waals surface area contributed by atoms with Crippen molar-refractivity contribution < 1.29 is 9.90 Å². The van der Waals surface area contributed by atoms with Crippen LogP contribution in [0.4, 0.5) is 5.69 Å². The van der Waals surface area contributed by atoms with E-state index in [0.717, 1.165) is 5.56 Å². The fourth-order valence-electron chi connectivity index (χ4n) is 1.63. The van der Waals surface area contributed by atoms with E-state index in [1.807, 2.05) is 0 Å². The van der Waals surface area contributed by atoms with Gasteiger partial charge in [-0.1, -0.05) is 5.21 Å². The van der Waals surface area contributed by atoms with E-state index in [1.54, 1.807) is 25.3 Å². The Labute approximate surface area is 110 Å². The first kappa shape index (κ1) is 13.0. The zero-order valence-corrected chi connectivity index (χ0v) is 10.5. The second-order valence-corrected chi connectivity index (χ2v) is 4.16. The summed E-state index contributed by atoms with van der Waals surface area (Å²) in [5.74, 6) is -0.0541. The van der Waals surface area contributed by atoms with Crippen molar-refractivity contribution in [3.05, 3.63) is 35.7 Å². The van der Waals surface area contributed by atoms with E-state index in [2.05, 4.69) is 15.6 Å². The van der Waals surface area contributed by atoms with Crippen molar-refractivity contribution in [2.24, 2.45) is 5.73 Å². The molecule has 0 spiro atoms. The second-order valence-electron chi connectivity index (χ2n) is 4.16. The van der Waals surface area contributed by atoms with Crippen LogP contribution >= 0.6 is 0 Å². The van der Waals surface area contributed by atoms with Gasteiger partial charge in [0, 0.05) is 12.2 Å². The lowest BCUT2D eigenvalue weighted by atomic mass is 10.2. The number of rotatable bonds is 4. The normalized spacial score (nSPS) is 10.4.